The molecule has 1 saturated heterocycles. The topological polar surface area (TPSA) is 81.8 Å². The van der Waals surface area contributed by atoms with E-state index in [4.69, 9.17) is 4.42 Å². The zero-order valence-corrected chi connectivity index (χ0v) is 17.8. The maximum Gasteiger partial charge on any atom is 0.277 e. The van der Waals surface area contributed by atoms with E-state index < -0.39 is 0 Å². The molecule has 1 aliphatic rings. The van der Waals surface area contributed by atoms with Crippen molar-refractivity contribution in [3.05, 3.63) is 47.2 Å². The molecule has 1 aromatic carbocycles. The highest BCUT2D eigenvalue weighted by atomic mass is 16.3. The van der Waals surface area contributed by atoms with Crippen LogP contribution in [0.5, 0.6) is 0 Å². The fraction of sp³-hybridized carbons (Fsp3) is 0.545. The number of anilines is 1. The van der Waals surface area contributed by atoms with Crippen molar-refractivity contribution < 1.29 is 14.3 Å². The summed E-state index contributed by atoms with van der Waals surface area (Å²) in [5.74, 6) is 0.551. The number of hydrogen-bond donors (Lipinski definition) is 2. The number of piperazine rings is 1. The van der Waals surface area contributed by atoms with Crippen LogP contribution in [0.1, 0.15) is 41.4 Å². The zero-order chi connectivity index (χ0) is 21.0. The molecule has 0 saturated carbocycles. The molecule has 29 heavy (non-hydrogen) atoms. The number of carbonyl (C=O) groups excluding carboxylic acids is 1. The number of benzene rings is 1. The van der Waals surface area contributed by atoms with Gasteiger partial charge in [-0.1, -0.05) is 19.9 Å². The molecule has 2 N–H and O–H groups in total. The van der Waals surface area contributed by atoms with Gasteiger partial charge in [0, 0.05) is 38.4 Å². The summed E-state index contributed by atoms with van der Waals surface area (Å²) in [7, 11) is 0. The van der Waals surface area contributed by atoms with Crippen LogP contribution in [-0.4, -0.2) is 64.6 Å². The third-order valence-electron chi connectivity index (χ3n) is 5.59. The lowest BCUT2D eigenvalue weighted by atomic mass is 10.1. The van der Waals surface area contributed by atoms with Crippen LogP contribution in [0.25, 0.3) is 0 Å². The van der Waals surface area contributed by atoms with Crippen LogP contribution >= 0.6 is 0 Å². The second-order valence-electron chi connectivity index (χ2n) is 8.27. The van der Waals surface area contributed by atoms with Crippen LogP contribution in [0.3, 0.4) is 0 Å². The van der Waals surface area contributed by atoms with Crippen molar-refractivity contribution in [1.29, 1.82) is 0 Å². The molecule has 7 nitrogen and oxygen atoms in total. The van der Waals surface area contributed by atoms with Gasteiger partial charge in [0.2, 0.25) is 5.89 Å². The Morgan fingerprint density at radius 2 is 1.86 bits per heavy atom. The number of nitrogens with one attached hydrogen (secondary N) is 1. The van der Waals surface area contributed by atoms with Crippen molar-refractivity contribution in [1.82, 2.24) is 14.8 Å². The van der Waals surface area contributed by atoms with E-state index in [1.165, 1.54) is 11.8 Å². The molecule has 1 aromatic heterocycles. The highest BCUT2D eigenvalue weighted by Gasteiger charge is 2.22. The van der Waals surface area contributed by atoms with Gasteiger partial charge in [0.25, 0.3) is 5.91 Å². The van der Waals surface area contributed by atoms with Crippen molar-refractivity contribution in [2.75, 3.05) is 38.0 Å². The standard InChI is InChI=1S/C22H32N4O3/c1-15(2)20(27)12-25-7-9-26(10-8-25)13-21-24-19(14-29-21)22(28)23-18-6-5-16(3)17(4)11-18/h5-6,11,14-15,20,27H,7-10,12-13H2,1-4H3,(H,23,28)/t20-/m0/s1. The molecule has 2 heterocycles. The Labute approximate surface area is 172 Å². The largest absolute Gasteiger partial charge is 0.447 e. The number of aliphatic hydroxyl groups excluding tert-OH is 1. The average molecular weight is 401 g/mol. The molecule has 0 spiro atoms. The number of aliphatic hydroxyl groups is 1. The van der Waals surface area contributed by atoms with Gasteiger partial charge in [-0.3, -0.25) is 14.6 Å². The van der Waals surface area contributed by atoms with Gasteiger partial charge in [-0.25, -0.2) is 4.98 Å². The Kier molecular flexibility index (Phi) is 7.05. The van der Waals surface area contributed by atoms with Gasteiger partial charge in [0.1, 0.15) is 6.26 Å². The molecule has 7 heteroatoms. The summed E-state index contributed by atoms with van der Waals surface area (Å²) in [5, 5.41) is 12.9. The van der Waals surface area contributed by atoms with Gasteiger partial charge in [-0.05, 0) is 43.0 Å². The number of aryl methyl sites for hydroxylation is 2. The molecular formula is C22H32N4O3. The Morgan fingerprint density at radius 3 is 2.52 bits per heavy atom. The van der Waals surface area contributed by atoms with Crippen LogP contribution in [0.4, 0.5) is 5.69 Å². The molecule has 0 bridgehead atoms. The highest BCUT2D eigenvalue weighted by molar-refractivity contribution is 6.02. The second-order valence-corrected chi connectivity index (χ2v) is 8.27. The lowest BCUT2D eigenvalue weighted by molar-refractivity contribution is 0.0463. The van der Waals surface area contributed by atoms with Crippen LogP contribution in [0, 0.1) is 19.8 Å². The van der Waals surface area contributed by atoms with Gasteiger partial charge in [-0.2, -0.15) is 0 Å². The molecule has 2 aromatic rings. The van der Waals surface area contributed by atoms with Gasteiger partial charge >= 0.3 is 0 Å². The van der Waals surface area contributed by atoms with Crippen LogP contribution in [0.15, 0.2) is 28.9 Å². The molecule has 1 amide bonds. The van der Waals surface area contributed by atoms with Crippen molar-refractivity contribution in [3.8, 4) is 0 Å². The molecule has 1 fully saturated rings. The van der Waals surface area contributed by atoms with Gasteiger partial charge in [0.05, 0.1) is 12.6 Å². The Morgan fingerprint density at radius 1 is 1.17 bits per heavy atom. The summed E-state index contributed by atoms with van der Waals surface area (Å²) >= 11 is 0. The number of hydrogen-bond acceptors (Lipinski definition) is 6. The number of β-amino-alcohol motifs (C(OH)–C–C–N with tert-alkyl or cyclic N) is 1. The number of rotatable bonds is 7. The minimum absolute atomic E-state index is 0.268. The minimum Gasteiger partial charge on any atom is -0.447 e. The molecule has 0 aliphatic carbocycles. The smallest absolute Gasteiger partial charge is 0.277 e. The summed E-state index contributed by atoms with van der Waals surface area (Å²) in [4.78, 5) is 21.3. The van der Waals surface area contributed by atoms with E-state index >= 15 is 0 Å². The first-order chi connectivity index (χ1) is 13.8. The number of amides is 1. The summed E-state index contributed by atoms with van der Waals surface area (Å²) in [6.07, 6.45) is 1.13. The molecule has 3 rings (SSSR count). The van der Waals surface area contributed by atoms with Crippen molar-refractivity contribution in [3.63, 3.8) is 0 Å². The lowest BCUT2D eigenvalue weighted by Gasteiger charge is -2.35. The number of carbonyl (C=O) groups is 1. The summed E-state index contributed by atoms with van der Waals surface area (Å²) in [6.45, 7) is 13.0. The van der Waals surface area contributed by atoms with E-state index in [1.807, 2.05) is 45.9 Å². The van der Waals surface area contributed by atoms with Crippen molar-refractivity contribution in [2.24, 2.45) is 5.92 Å². The third kappa shape index (κ3) is 5.88. The van der Waals surface area contributed by atoms with E-state index in [0.717, 1.165) is 37.4 Å². The van der Waals surface area contributed by atoms with Crippen molar-refractivity contribution in [2.45, 2.75) is 40.3 Å². The summed E-state index contributed by atoms with van der Waals surface area (Å²) < 4.78 is 5.52. The SMILES string of the molecule is Cc1ccc(NC(=O)c2coc(CN3CCN(C[C@H](O)C(C)C)CC3)n2)cc1C. The molecule has 0 unspecified atom stereocenters. The quantitative estimate of drug-likeness (QED) is 0.744. The number of aromatic nitrogens is 1. The molecule has 1 atom stereocenters. The van der Waals surface area contributed by atoms with E-state index in [1.54, 1.807) is 0 Å². The number of nitrogens with zero attached hydrogens (tertiary/aromatic N) is 3. The fourth-order valence-electron chi connectivity index (χ4n) is 3.30. The van der Waals surface area contributed by atoms with Crippen LogP contribution in [-0.2, 0) is 6.54 Å². The first-order valence-electron chi connectivity index (χ1n) is 10.3. The summed E-state index contributed by atoms with van der Waals surface area (Å²) in [6, 6.07) is 5.82. The maximum absolute atomic E-state index is 12.4. The second kappa shape index (κ2) is 9.52. The monoisotopic (exact) mass is 400 g/mol. The molecule has 0 radical (unpaired) electrons. The predicted molar refractivity (Wildman–Crippen MR) is 113 cm³/mol. The van der Waals surface area contributed by atoms with E-state index in [-0.39, 0.29) is 23.6 Å². The average Bonchev–Trinajstić information content (AvgIpc) is 3.15. The Hall–Kier alpha value is -2.22. The zero-order valence-electron chi connectivity index (χ0n) is 17.8. The lowest BCUT2D eigenvalue weighted by Crippen LogP contribution is -2.48. The van der Waals surface area contributed by atoms with Gasteiger partial charge in [0.15, 0.2) is 5.69 Å². The van der Waals surface area contributed by atoms with E-state index in [0.29, 0.717) is 19.0 Å². The highest BCUT2D eigenvalue weighted by Crippen LogP contribution is 2.16. The Bertz CT molecular complexity index is 825. The van der Waals surface area contributed by atoms with Crippen LogP contribution in [0.2, 0.25) is 0 Å². The van der Waals surface area contributed by atoms with E-state index in [2.05, 4.69) is 20.1 Å². The minimum atomic E-state index is -0.285. The van der Waals surface area contributed by atoms with Crippen molar-refractivity contribution >= 4 is 11.6 Å². The normalized spacial score (nSPS) is 16.9. The Balaban J connectivity index is 1.49. The molecular weight excluding hydrogens is 368 g/mol. The fourth-order valence-corrected chi connectivity index (χ4v) is 3.30. The maximum atomic E-state index is 12.4. The first kappa shape index (κ1) is 21.5. The van der Waals surface area contributed by atoms with E-state index in [9.17, 15) is 9.90 Å². The number of oxazole rings is 1. The van der Waals surface area contributed by atoms with Gasteiger partial charge in [-0.15, -0.1) is 0 Å². The van der Waals surface area contributed by atoms with Gasteiger partial charge < -0.3 is 14.8 Å². The van der Waals surface area contributed by atoms with Crippen LogP contribution < -0.4 is 5.32 Å². The third-order valence-corrected chi connectivity index (χ3v) is 5.59. The molecule has 1 aliphatic heterocycles. The predicted octanol–water partition coefficient (Wildman–Crippen LogP) is 2.68. The summed E-state index contributed by atoms with van der Waals surface area (Å²) in [5.41, 5.74) is 3.36. The molecule has 158 valence electrons. The first-order valence-corrected chi connectivity index (χ1v) is 10.3.